The van der Waals surface area contributed by atoms with Crippen LogP contribution >= 0.6 is 0 Å². The molecule has 5 rings (SSSR count). The lowest BCUT2D eigenvalue weighted by Crippen LogP contribution is -2.51. The Morgan fingerprint density at radius 3 is 2.60 bits per heavy atom. The molecule has 7 nitrogen and oxygen atoms in total. The Bertz CT molecular complexity index is 1130. The molecule has 2 aromatic rings. The van der Waals surface area contributed by atoms with E-state index in [2.05, 4.69) is 0 Å². The van der Waals surface area contributed by atoms with E-state index in [0.717, 1.165) is 36.8 Å². The summed E-state index contributed by atoms with van der Waals surface area (Å²) >= 11 is 0. The minimum atomic E-state index is -0.558. The number of ether oxygens (including phenoxy) is 2. The number of fused-ring (bicyclic) bond motifs is 1. The van der Waals surface area contributed by atoms with Crippen molar-refractivity contribution in [3.8, 4) is 5.75 Å². The van der Waals surface area contributed by atoms with Gasteiger partial charge in [-0.2, -0.15) is 0 Å². The molecule has 1 aliphatic carbocycles. The highest BCUT2D eigenvalue weighted by Crippen LogP contribution is 2.48. The highest BCUT2D eigenvalue weighted by molar-refractivity contribution is 6.01. The number of rotatable bonds is 6. The molecule has 2 aliphatic heterocycles. The van der Waals surface area contributed by atoms with E-state index in [-0.39, 0.29) is 29.7 Å². The molecule has 7 heteroatoms. The van der Waals surface area contributed by atoms with Crippen molar-refractivity contribution >= 4 is 17.8 Å². The first-order valence-corrected chi connectivity index (χ1v) is 12.5. The molecule has 0 spiro atoms. The Balaban J connectivity index is 1.57. The van der Waals surface area contributed by atoms with E-state index >= 15 is 0 Å². The lowest BCUT2D eigenvalue weighted by molar-refractivity contribution is -0.151. The van der Waals surface area contributed by atoms with Crippen molar-refractivity contribution in [1.82, 2.24) is 9.80 Å². The van der Waals surface area contributed by atoms with Gasteiger partial charge in [0.05, 0.1) is 31.6 Å². The Labute approximate surface area is 206 Å². The molecule has 2 fully saturated rings. The van der Waals surface area contributed by atoms with Gasteiger partial charge in [-0.3, -0.25) is 14.4 Å². The zero-order valence-corrected chi connectivity index (χ0v) is 20.3. The van der Waals surface area contributed by atoms with E-state index in [1.165, 1.54) is 0 Å². The van der Waals surface area contributed by atoms with Crippen LogP contribution in [-0.4, -0.2) is 60.4 Å². The number of hydrogen-bond donors (Lipinski definition) is 0. The van der Waals surface area contributed by atoms with Crippen molar-refractivity contribution in [2.75, 3.05) is 26.8 Å². The van der Waals surface area contributed by atoms with Gasteiger partial charge in [-0.25, -0.2) is 0 Å². The molecule has 184 valence electrons. The molecular formula is C28H32N2O5. The van der Waals surface area contributed by atoms with E-state index in [1.807, 2.05) is 53.4 Å². The third-order valence-corrected chi connectivity index (χ3v) is 7.37. The van der Waals surface area contributed by atoms with Crippen molar-refractivity contribution in [1.29, 1.82) is 0 Å². The van der Waals surface area contributed by atoms with E-state index in [1.54, 1.807) is 18.9 Å². The maximum absolute atomic E-state index is 14.3. The van der Waals surface area contributed by atoms with Crippen molar-refractivity contribution in [3.05, 3.63) is 65.2 Å². The van der Waals surface area contributed by atoms with Gasteiger partial charge >= 0.3 is 5.97 Å². The van der Waals surface area contributed by atoms with Gasteiger partial charge in [-0.05, 0) is 61.9 Å². The highest BCUT2D eigenvalue weighted by Gasteiger charge is 2.50. The van der Waals surface area contributed by atoms with Crippen LogP contribution in [0.25, 0.3) is 0 Å². The van der Waals surface area contributed by atoms with Gasteiger partial charge in [0, 0.05) is 24.7 Å². The topological polar surface area (TPSA) is 76.2 Å². The molecular weight excluding hydrogens is 444 g/mol. The SMILES string of the molecule is CCOC(=O)C1CCCN(C(=O)C2c3ccccc3C(=O)N(C3CC3)C2c2cccc(OC)c2)C1. The number of esters is 1. The molecule has 0 N–H and O–H groups in total. The van der Waals surface area contributed by atoms with Gasteiger partial charge in [0.25, 0.3) is 5.91 Å². The van der Waals surface area contributed by atoms with Gasteiger partial charge < -0.3 is 19.3 Å². The minimum absolute atomic E-state index is 0.0250. The molecule has 0 bridgehead atoms. The van der Waals surface area contributed by atoms with Crippen molar-refractivity contribution in [3.63, 3.8) is 0 Å². The van der Waals surface area contributed by atoms with Crippen molar-refractivity contribution < 1.29 is 23.9 Å². The second-order valence-electron chi connectivity index (χ2n) is 9.61. The summed E-state index contributed by atoms with van der Waals surface area (Å²) in [5.41, 5.74) is 2.23. The molecule has 3 atom stereocenters. The largest absolute Gasteiger partial charge is 0.497 e. The molecule has 1 saturated heterocycles. The van der Waals surface area contributed by atoms with Crippen LogP contribution in [0.4, 0.5) is 0 Å². The molecule has 2 aromatic carbocycles. The third-order valence-electron chi connectivity index (χ3n) is 7.37. The summed E-state index contributed by atoms with van der Waals surface area (Å²) in [6, 6.07) is 14.8. The summed E-state index contributed by atoms with van der Waals surface area (Å²) in [6.07, 6.45) is 3.34. The van der Waals surface area contributed by atoms with Gasteiger partial charge in [0.2, 0.25) is 5.91 Å². The first kappa shape index (κ1) is 23.4. The number of hydrogen-bond acceptors (Lipinski definition) is 5. The average molecular weight is 477 g/mol. The standard InChI is InChI=1S/C28H32N2O5/c1-3-35-28(33)19-9-7-15-29(17-19)27(32)24-22-11-4-5-12-23(22)26(31)30(20-13-14-20)25(24)18-8-6-10-21(16-18)34-2/h4-6,8,10-12,16,19-20,24-25H,3,7,9,13-15,17H2,1-2H3. The van der Waals surface area contributed by atoms with Gasteiger partial charge in [-0.1, -0.05) is 30.3 Å². The number of nitrogens with zero attached hydrogens (tertiary/aromatic N) is 2. The first-order valence-electron chi connectivity index (χ1n) is 12.5. The maximum atomic E-state index is 14.3. The van der Waals surface area contributed by atoms with E-state index in [4.69, 9.17) is 9.47 Å². The zero-order chi connectivity index (χ0) is 24.5. The third kappa shape index (κ3) is 4.40. The lowest BCUT2D eigenvalue weighted by Gasteiger charge is -2.44. The number of methoxy groups -OCH3 is 1. The molecule has 0 radical (unpaired) electrons. The van der Waals surface area contributed by atoms with Crippen LogP contribution in [0.1, 0.15) is 66.1 Å². The van der Waals surface area contributed by atoms with Crippen molar-refractivity contribution in [2.24, 2.45) is 5.92 Å². The number of likely N-dealkylation sites (tertiary alicyclic amines) is 1. The highest BCUT2D eigenvalue weighted by atomic mass is 16.5. The van der Waals surface area contributed by atoms with Crippen LogP contribution in [0, 0.1) is 5.92 Å². The second kappa shape index (κ2) is 9.72. The molecule has 35 heavy (non-hydrogen) atoms. The smallest absolute Gasteiger partial charge is 0.310 e. The Morgan fingerprint density at radius 1 is 1.06 bits per heavy atom. The van der Waals surface area contributed by atoms with Gasteiger partial charge in [-0.15, -0.1) is 0 Å². The van der Waals surface area contributed by atoms with Gasteiger partial charge in [0.15, 0.2) is 0 Å². The predicted octanol–water partition coefficient (Wildman–Crippen LogP) is 3.94. The van der Waals surface area contributed by atoms with E-state index in [9.17, 15) is 14.4 Å². The maximum Gasteiger partial charge on any atom is 0.310 e. The van der Waals surface area contributed by atoms with Crippen LogP contribution < -0.4 is 4.74 Å². The van der Waals surface area contributed by atoms with Crippen molar-refractivity contribution in [2.45, 2.75) is 50.6 Å². The molecule has 3 aliphatic rings. The number of carbonyl (C=O) groups excluding carboxylic acids is 3. The summed E-state index contributed by atoms with van der Waals surface area (Å²) < 4.78 is 10.7. The predicted molar refractivity (Wildman–Crippen MR) is 130 cm³/mol. The lowest BCUT2D eigenvalue weighted by atomic mass is 9.78. The number of piperidine rings is 1. The Hall–Kier alpha value is -3.35. The Kier molecular flexibility index (Phi) is 6.50. The van der Waals surface area contributed by atoms with Crippen LogP contribution in [0.2, 0.25) is 0 Å². The van der Waals surface area contributed by atoms with Crippen LogP contribution in [0.15, 0.2) is 48.5 Å². The summed E-state index contributed by atoms with van der Waals surface area (Å²) in [4.78, 5) is 44.2. The first-order chi connectivity index (χ1) is 17.0. The summed E-state index contributed by atoms with van der Waals surface area (Å²) in [6.45, 7) is 3.06. The fourth-order valence-corrected chi connectivity index (χ4v) is 5.58. The van der Waals surface area contributed by atoms with Gasteiger partial charge in [0.1, 0.15) is 5.75 Å². The van der Waals surface area contributed by atoms with E-state index in [0.29, 0.717) is 31.0 Å². The second-order valence-corrected chi connectivity index (χ2v) is 9.61. The molecule has 2 heterocycles. The number of amides is 2. The molecule has 3 unspecified atom stereocenters. The molecule has 0 aromatic heterocycles. The fourth-order valence-electron chi connectivity index (χ4n) is 5.58. The normalized spacial score (nSPS) is 24.1. The van der Waals surface area contributed by atoms with E-state index < -0.39 is 12.0 Å². The molecule has 2 amide bonds. The van der Waals surface area contributed by atoms with Crippen LogP contribution in [0.3, 0.4) is 0 Å². The monoisotopic (exact) mass is 476 g/mol. The number of benzene rings is 2. The number of carbonyl (C=O) groups is 3. The average Bonchev–Trinajstić information content (AvgIpc) is 3.74. The van der Waals surface area contributed by atoms with Crippen LogP contribution in [-0.2, 0) is 14.3 Å². The Morgan fingerprint density at radius 2 is 1.86 bits per heavy atom. The minimum Gasteiger partial charge on any atom is -0.497 e. The summed E-state index contributed by atoms with van der Waals surface area (Å²) in [7, 11) is 1.62. The fraction of sp³-hybridized carbons (Fsp3) is 0.464. The van der Waals surface area contributed by atoms with Crippen LogP contribution in [0.5, 0.6) is 5.75 Å². The summed E-state index contributed by atoms with van der Waals surface area (Å²) in [5.74, 6) is -0.495. The quantitative estimate of drug-likeness (QED) is 0.591. The summed E-state index contributed by atoms with van der Waals surface area (Å²) in [5, 5.41) is 0. The molecule has 1 saturated carbocycles. The zero-order valence-electron chi connectivity index (χ0n) is 20.3.